The van der Waals surface area contributed by atoms with Crippen LogP contribution in [-0.2, 0) is 0 Å². The van der Waals surface area contributed by atoms with Gasteiger partial charge in [-0.15, -0.1) is 0 Å². The topological polar surface area (TPSA) is 42.1 Å². The van der Waals surface area contributed by atoms with E-state index in [0.29, 0.717) is 0 Å². The summed E-state index contributed by atoms with van der Waals surface area (Å²) in [6, 6.07) is 4.21. The van der Waals surface area contributed by atoms with E-state index < -0.39 is 0 Å². The number of rotatable bonds is 6. The van der Waals surface area contributed by atoms with Gasteiger partial charge in [0.1, 0.15) is 5.82 Å². The Balaban J connectivity index is 2.76. The van der Waals surface area contributed by atoms with E-state index in [1.807, 2.05) is 13.1 Å². The summed E-state index contributed by atoms with van der Waals surface area (Å²) in [5.41, 5.74) is 6.90. The molecule has 0 amide bonds. The maximum atomic E-state index is 5.80. The lowest BCUT2D eigenvalue weighted by Gasteiger charge is -2.22. The van der Waals surface area contributed by atoms with Gasteiger partial charge in [0, 0.05) is 25.3 Å². The van der Waals surface area contributed by atoms with Crippen molar-refractivity contribution in [3.8, 4) is 0 Å². The Hall–Kier alpha value is -1.09. The molecule has 1 aromatic rings. The van der Waals surface area contributed by atoms with E-state index in [1.54, 1.807) is 0 Å². The molecule has 16 heavy (non-hydrogen) atoms. The fraction of sp³-hybridized carbons (Fsp3) is 0.615. The fourth-order valence-corrected chi connectivity index (χ4v) is 1.73. The van der Waals surface area contributed by atoms with E-state index in [0.717, 1.165) is 37.3 Å². The van der Waals surface area contributed by atoms with Crippen molar-refractivity contribution in [3.63, 3.8) is 0 Å². The minimum atomic E-state index is 0.0624. The molecule has 0 saturated heterocycles. The van der Waals surface area contributed by atoms with E-state index in [9.17, 15) is 0 Å². The Morgan fingerprint density at radius 1 is 1.25 bits per heavy atom. The summed E-state index contributed by atoms with van der Waals surface area (Å²) in [7, 11) is 0. The second-order valence-electron chi connectivity index (χ2n) is 4.23. The van der Waals surface area contributed by atoms with Crippen molar-refractivity contribution in [1.29, 1.82) is 0 Å². The minimum Gasteiger partial charge on any atom is -0.357 e. The van der Waals surface area contributed by atoms with Gasteiger partial charge in [0.2, 0.25) is 0 Å². The van der Waals surface area contributed by atoms with Gasteiger partial charge in [-0.1, -0.05) is 19.9 Å². The predicted molar refractivity (Wildman–Crippen MR) is 69.6 cm³/mol. The highest BCUT2D eigenvalue weighted by Gasteiger charge is 2.06. The van der Waals surface area contributed by atoms with Crippen LogP contribution in [0.4, 0.5) is 5.82 Å². The van der Waals surface area contributed by atoms with Crippen LogP contribution in [0.15, 0.2) is 18.3 Å². The van der Waals surface area contributed by atoms with Gasteiger partial charge in [0.25, 0.3) is 0 Å². The first-order valence-electron chi connectivity index (χ1n) is 6.15. The average Bonchev–Trinajstić information content (AvgIpc) is 2.29. The van der Waals surface area contributed by atoms with Gasteiger partial charge in [-0.05, 0) is 31.4 Å². The summed E-state index contributed by atoms with van der Waals surface area (Å²) in [4.78, 5) is 6.81. The largest absolute Gasteiger partial charge is 0.357 e. The van der Waals surface area contributed by atoms with Gasteiger partial charge < -0.3 is 10.6 Å². The van der Waals surface area contributed by atoms with Crippen molar-refractivity contribution >= 4 is 5.82 Å². The molecule has 0 aliphatic rings. The second-order valence-corrected chi connectivity index (χ2v) is 4.23. The Labute approximate surface area is 98.7 Å². The highest BCUT2D eigenvalue weighted by atomic mass is 15.2. The van der Waals surface area contributed by atoms with E-state index >= 15 is 0 Å². The van der Waals surface area contributed by atoms with Crippen LogP contribution in [-0.4, -0.2) is 18.1 Å². The molecule has 1 heterocycles. The molecule has 0 bridgehead atoms. The zero-order valence-corrected chi connectivity index (χ0v) is 10.6. The third-order valence-electron chi connectivity index (χ3n) is 2.61. The Morgan fingerprint density at radius 2 is 1.88 bits per heavy atom. The van der Waals surface area contributed by atoms with Crippen molar-refractivity contribution < 1.29 is 0 Å². The molecule has 0 unspecified atom stereocenters. The number of nitrogens with zero attached hydrogens (tertiary/aromatic N) is 2. The van der Waals surface area contributed by atoms with Crippen LogP contribution in [0.2, 0.25) is 0 Å². The van der Waals surface area contributed by atoms with Gasteiger partial charge in [-0.2, -0.15) is 0 Å². The SMILES string of the molecule is CCCN(CCC)c1ccc([C@@H](C)N)cn1. The summed E-state index contributed by atoms with van der Waals surface area (Å²) < 4.78 is 0. The molecular formula is C13H23N3. The Bertz CT molecular complexity index is 287. The minimum absolute atomic E-state index is 0.0624. The molecule has 0 aliphatic heterocycles. The molecule has 1 aromatic heterocycles. The third-order valence-corrected chi connectivity index (χ3v) is 2.61. The maximum absolute atomic E-state index is 5.80. The van der Waals surface area contributed by atoms with E-state index in [1.165, 1.54) is 0 Å². The van der Waals surface area contributed by atoms with Crippen molar-refractivity contribution in [2.45, 2.75) is 39.7 Å². The zero-order chi connectivity index (χ0) is 12.0. The van der Waals surface area contributed by atoms with Gasteiger partial charge in [0.15, 0.2) is 0 Å². The highest BCUT2D eigenvalue weighted by Crippen LogP contribution is 2.15. The monoisotopic (exact) mass is 221 g/mol. The number of hydrogen-bond donors (Lipinski definition) is 1. The number of hydrogen-bond acceptors (Lipinski definition) is 3. The van der Waals surface area contributed by atoms with Crippen molar-refractivity contribution in [2.24, 2.45) is 5.73 Å². The summed E-state index contributed by atoms with van der Waals surface area (Å²) >= 11 is 0. The van der Waals surface area contributed by atoms with Crippen LogP contribution in [0.1, 0.15) is 45.2 Å². The molecule has 1 rings (SSSR count). The van der Waals surface area contributed by atoms with Crippen LogP contribution in [0.25, 0.3) is 0 Å². The summed E-state index contributed by atoms with van der Waals surface area (Å²) in [6.07, 6.45) is 4.19. The number of aromatic nitrogens is 1. The van der Waals surface area contributed by atoms with Gasteiger partial charge in [-0.25, -0.2) is 4.98 Å². The molecular weight excluding hydrogens is 198 g/mol. The van der Waals surface area contributed by atoms with Crippen LogP contribution < -0.4 is 10.6 Å². The molecule has 0 saturated carbocycles. The van der Waals surface area contributed by atoms with Gasteiger partial charge in [-0.3, -0.25) is 0 Å². The smallest absolute Gasteiger partial charge is 0.128 e. The number of anilines is 1. The maximum Gasteiger partial charge on any atom is 0.128 e. The zero-order valence-electron chi connectivity index (χ0n) is 10.6. The van der Waals surface area contributed by atoms with E-state index in [2.05, 4.69) is 35.9 Å². The first-order valence-corrected chi connectivity index (χ1v) is 6.15. The Morgan fingerprint density at radius 3 is 2.25 bits per heavy atom. The molecule has 2 N–H and O–H groups in total. The van der Waals surface area contributed by atoms with E-state index in [4.69, 9.17) is 5.73 Å². The molecule has 0 spiro atoms. The van der Waals surface area contributed by atoms with Gasteiger partial charge in [0.05, 0.1) is 0 Å². The second kappa shape index (κ2) is 6.48. The lowest BCUT2D eigenvalue weighted by molar-refractivity contribution is 0.731. The molecule has 3 heteroatoms. The Kier molecular flexibility index (Phi) is 5.26. The average molecular weight is 221 g/mol. The number of nitrogens with two attached hydrogens (primary N) is 1. The van der Waals surface area contributed by atoms with Crippen molar-refractivity contribution in [3.05, 3.63) is 23.9 Å². The lowest BCUT2D eigenvalue weighted by atomic mass is 10.1. The van der Waals surface area contributed by atoms with Gasteiger partial charge >= 0.3 is 0 Å². The normalized spacial score (nSPS) is 12.5. The molecule has 0 aromatic carbocycles. The summed E-state index contributed by atoms with van der Waals surface area (Å²) in [5, 5.41) is 0. The summed E-state index contributed by atoms with van der Waals surface area (Å²) in [5.74, 6) is 1.06. The molecule has 1 atom stereocenters. The molecule has 90 valence electrons. The third kappa shape index (κ3) is 3.49. The molecule has 0 radical (unpaired) electrons. The fourth-order valence-electron chi connectivity index (χ4n) is 1.73. The molecule has 0 fully saturated rings. The molecule has 3 nitrogen and oxygen atoms in total. The first-order chi connectivity index (χ1) is 7.69. The standard InChI is InChI=1S/C13H23N3/c1-4-8-16(9-5-2)13-7-6-12(10-15-13)11(3)14/h6-7,10-11H,4-5,8-9,14H2,1-3H3/t11-/m1/s1. The van der Waals surface area contributed by atoms with Crippen LogP contribution in [0, 0.1) is 0 Å². The quantitative estimate of drug-likeness (QED) is 0.803. The predicted octanol–water partition coefficient (Wildman–Crippen LogP) is 2.73. The number of pyridine rings is 1. The highest BCUT2D eigenvalue weighted by molar-refractivity contribution is 5.39. The van der Waals surface area contributed by atoms with Crippen molar-refractivity contribution in [2.75, 3.05) is 18.0 Å². The molecule has 0 aliphatic carbocycles. The van der Waals surface area contributed by atoms with E-state index in [-0.39, 0.29) is 6.04 Å². The summed E-state index contributed by atoms with van der Waals surface area (Å²) in [6.45, 7) is 8.50. The van der Waals surface area contributed by atoms with Crippen LogP contribution in [0.5, 0.6) is 0 Å². The lowest BCUT2D eigenvalue weighted by Crippen LogP contribution is -2.25. The first kappa shape index (κ1) is 13.0. The van der Waals surface area contributed by atoms with Crippen LogP contribution in [0.3, 0.4) is 0 Å². The van der Waals surface area contributed by atoms with Crippen molar-refractivity contribution in [1.82, 2.24) is 4.98 Å². The van der Waals surface area contributed by atoms with Crippen LogP contribution >= 0.6 is 0 Å².